The lowest BCUT2D eigenvalue weighted by Crippen LogP contribution is -2.01. The van der Waals surface area contributed by atoms with Gasteiger partial charge < -0.3 is 19.9 Å². The van der Waals surface area contributed by atoms with Crippen LogP contribution in [0, 0.1) is 0 Å². The lowest BCUT2D eigenvalue weighted by atomic mass is 10.1. The molecule has 2 heterocycles. The van der Waals surface area contributed by atoms with Crippen molar-refractivity contribution < 1.29 is 14.2 Å². The Bertz CT molecular complexity index is 798. The van der Waals surface area contributed by atoms with Crippen LogP contribution < -0.4 is 15.2 Å². The zero-order valence-electron chi connectivity index (χ0n) is 13.5. The van der Waals surface area contributed by atoms with Crippen LogP contribution in [-0.2, 0) is 4.74 Å². The van der Waals surface area contributed by atoms with Gasteiger partial charge in [0.25, 0.3) is 0 Å². The second-order valence-corrected chi connectivity index (χ2v) is 5.00. The molecule has 0 aliphatic rings. The predicted molar refractivity (Wildman–Crippen MR) is 90.3 cm³/mol. The second-order valence-electron chi connectivity index (χ2n) is 5.00. The van der Waals surface area contributed by atoms with E-state index in [2.05, 4.69) is 10.1 Å². The van der Waals surface area contributed by atoms with Gasteiger partial charge >= 0.3 is 0 Å². The topological polar surface area (TPSA) is 84.4 Å². The molecule has 0 saturated carbocycles. The highest BCUT2D eigenvalue weighted by Gasteiger charge is 2.11. The van der Waals surface area contributed by atoms with Crippen molar-refractivity contribution in [2.75, 3.05) is 26.7 Å². The number of methoxy groups -OCH3 is 2. The number of nitrogen functional groups attached to an aromatic ring is 1. The maximum absolute atomic E-state index is 5.89. The van der Waals surface area contributed by atoms with Crippen molar-refractivity contribution in [2.24, 2.45) is 0 Å². The van der Waals surface area contributed by atoms with Crippen LogP contribution in [-0.4, -0.2) is 35.8 Å². The summed E-state index contributed by atoms with van der Waals surface area (Å²) in [6.45, 7) is 0.210. The van der Waals surface area contributed by atoms with Gasteiger partial charge in [-0.1, -0.05) is 0 Å². The number of hydrogen-bond acceptors (Lipinski definition) is 6. The van der Waals surface area contributed by atoms with Crippen molar-refractivity contribution >= 4 is 5.82 Å². The molecule has 0 saturated heterocycles. The molecule has 0 amide bonds. The number of benzene rings is 1. The second kappa shape index (κ2) is 7.01. The first-order chi connectivity index (χ1) is 11.7. The van der Waals surface area contributed by atoms with Crippen LogP contribution in [0.4, 0.5) is 5.82 Å². The molecule has 0 aliphatic heterocycles. The Morgan fingerprint density at radius 1 is 1.08 bits per heavy atom. The Labute approximate surface area is 139 Å². The maximum atomic E-state index is 5.89. The van der Waals surface area contributed by atoms with Crippen LogP contribution in [0.1, 0.15) is 0 Å². The van der Waals surface area contributed by atoms with E-state index in [4.69, 9.17) is 19.9 Å². The maximum Gasteiger partial charge on any atom is 0.213 e. The van der Waals surface area contributed by atoms with Gasteiger partial charge in [-0.3, -0.25) is 0 Å². The molecule has 0 atom stereocenters. The normalized spacial score (nSPS) is 10.6. The minimum absolute atomic E-state index is 0.210. The lowest BCUT2D eigenvalue weighted by Gasteiger charge is -2.09. The van der Waals surface area contributed by atoms with Crippen molar-refractivity contribution in [3.05, 3.63) is 48.7 Å². The largest absolute Gasteiger partial charge is 0.481 e. The van der Waals surface area contributed by atoms with Crippen LogP contribution in [0.2, 0.25) is 0 Å². The summed E-state index contributed by atoms with van der Waals surface area (Å²) in [4.78, 5) is 4.21. The Morgan fingerprint density at radius 3 is 2.50 bits per heavy atom. The molecule has 1 aromatic carbocycles. The third-order valence-corrected chi connectivity index (χ3v) is 3.40. The predicted octanol–water partition coefficient (Wildman–Crippen LogP) is 2.51. The van der Waals surface area contributed by atoms with Crippen LogP contribution in [0.25, 0.3) is 16.9 Å². The summed E-state index contributed by atoms with van der Waals surface area (Å²) in [5.41, 5.74) is 8.50. The monoisotopic (exact) mass is 326 g/mol. The molecule has 2 N–H and O–H groups in total. The van der Waals surface area contributed by atoms with E-state index in [0.717, 1.165) is 22.7 Å². The molecular weight excluding hydrogens is 308 g/mol. The Morgan fingerprint density at radius 2 is 1.88 bits per heavy atom. The molecule has 2 aromatic heterocycles. The molecule has 0 aliphatic carbocycles. The van der Waals surface area contributed by atoms with Crippen LogP contribution in [0.3, 0.4) is 0 Å². The lowest BCUT2D eigenvalue weighted by molar-refractivity contribution is 0.0511. The minimum atomic E-state index is 0.210. The smallest absolute Gasteiger partial charge is 0.213 e. The van der Waals surface area contributed by atoms with Gasteiger partial charge in [0.1, 0.15) is 11.6 Å². The Kier molecular flexibility index (Phi) is 4.62. The first-order valence-electron chi connectivity index (χ1n) is 7.29. The Hall–Kier alpha value is -3.06. The van der Waals surface area contributed by atoms with E-state index in [0.29, 0.717) is 11.7 Å². The van der Waals surface area contributed by atoms with E-state index in [1.165, 1.54) is 0 Å². The summed E-state index contributed by atoms with van der Waals surface area (Å²) in [6, 6.07) is 13.1. The van der Waals surface area contributed by atoms with Gasteiger partial charge in [-0.15, -0.1) is 0 Å². The van der Waals surface area contributed by atoms with Crippen LogP contribution in [0.5, 0.6) is 11.6 Å². The third-order valence-electron chi connectivity index (χ3n) is 3.40. The van der Waals surface area contributed by atoms with Crippen molar-refractivity contribution in [1.82, 2.24) is 14.8 Å². The fourth-order valence-corrected chi connectivity index (χ4v) is 2.27. The standard InChI is InChI=1S/C17H18N4O3/c1-22-11-24-14-6-3-12(4-7-14)15-9-16(18)20-21(15)13-5-8-17(23-2)19-10-13/h3-10H,11H2,1-2H3,(H2,18,20). The average molecular weight is 326 g/mol. The number of rotatable bonds is 6. The van der Waals surface area contributed by atoms with E-state index in [1.807, 2.05) is 36.4 Å². The molecule has 7 heteroatoms. The fourth-order valence-electron chi connectivity index (χ4n) is 2.27. The molecule has 24 heavy (non-hydrogen) atoms. The van der Waals surface area contributed by atoms with Crippen molar-refractivity contribution in [1.29, 1.82) is 0 Å². The molecule has 124 valence electrons. The van der Waals surface area contributed by atoms with Gasteiger partial charge in [0.15, 0.2) is 6.79 Å². The van der Waals surface area contributed by atoms with E-state index in [1.54, 1.807) is 31.2 Å². The van der Waals surface area contributed by atoms with Crippen LogP contribution >= 0.6 is 0 Å². The Balaban J connectivity index is 1.93. The van der Waals surface area contributed by atoms with Gasteiger partial charge in [0.2, 0.25) is 5.88 Å². The highest BCUT2D eigenvalue weighted by atomic mass is 16.7. The van der Waals surface area contributed by atoms with Crippen molar-refractivity contribution in [3.63, 3.8) is 0 Å². The zero-order chi connectivity index (χ0) is 16.9. The molecule has 3 rings (SSSR count). The summed E-state index contributed by atoms with van der Waals surface area (Å²) in [7, 11) is 3.16. The number of aromatic nitrogens is 3. The zero-order valence-corrected chi connectivity index (χ0v) is 13.5. The molecule has 0 fully saturated rings. The summed E-state index contributed by atoms with van der Waals surface area (Å²) < 4.78 is 17.1. The van der Waals surface area contributed by atoms with Crippen molar-refractivity contribution in [2.45, 2.75) is 0 Å². The first kappa shape index (κ1) is 15.8. The summed E-state index contributed by atoms with van der Waals surface area (Å²) in [5.74, 6) is 1.70. The SMILES string of the molecule is COCOc1ccc(-c2cc(N)nn2-c2ccc(OC)nc2)cc1. The van der Waals surface area contributed by atoms with Gasteiger partial charge in [-0.2, -0.15) is 5.10 Å². The fraction of sp³-hybridized carbons (Fsp3) is 0.176. The van der Waals surface area contributed by atoms with Gasteiger partial charge in [0.05, 0.1) is 24.7 Å². The number of ether oxygens (including phenoxy) is 3. The summed E-state index contributed by atoms with van der Waals surface area (Å²) in [6.07, 6.45) is 1.69. The molecule has 3 aromatic rings. The average Bonchev–Trinajstić information content (AvgIpc) is 3.02. The molecule has 0 bridgehead atoms. The van der Waals surface area contributed by atoms with Gasteiger partial charge in [-0.25, -0.2) is 9.67 Å². The van der Waals surface area contributed by atoms with E-state index in [-0.39, 0.29) is 6.79 Å². The van der Waals surface area contributed by atoms with Gasteiger partial charge in [-0.05, 0) is 30.3 Å². The number of nitrogens with two attached hydrogens (primary N) is 1. The molecule has 0 radical (unpaired) electrons. The highest BCUT2D eigenvalue weighted by Crippen LogP contribution is 2.27. The first-order valence-corrected chi connectivity index (χ1v) is 7.29. The summed E-state index contributed by atoms with van der Waals surface area (Å²) in [5, 5.41) is 4.35. The van der Waals surface area contributed by atoms with E-state index >= 15 is 0 Å². The summed E-state index contributed by atoms with van der Waals surface area (Å²) >= 11 is 0. The van der Waals surface area contributed by atoms with Crippen molar-refractivity contribution in [3.8, 4) is 28.6 Å². The molecular formula is C17H18N4O3. The minimum Gasteiger partial charge on any atom is -0.481 e. The molecule has 7 nitrogen and oxygen atoms in total. The number of pyridine rings is 1. The van der Waals surface area contributed by atoms with E-state index < -0.39 is 0 Å². The quantitative estimate of drug-likeness (QED) is 0.701. The number of hydrogen-bond donors (Lipinski definition) is 1. The molecule has 0 spiro atoms. The third kappa shape index (κ3) is 3.31. The molecule has 0 unspecified atom stereocenters. The van der Waals surface area contributed by atoms with Gasteiger partial charge in [0, 0.05) is 24.8 Å². The number of anilines is 1. The van der Waals surface area contributed by atoms with Crippen LogP contribution in [0.15, 0.2) is 48.7 Å². The highest BCUT2D eigenvalue weighted by molar-refractivity contribution is 5.66. The van der Waals surface area contributed by atoms with E-state index in [9.17, 15) is 0 Å². The number of nitrogens with zero attached hydrogens (tertiary/aromatic N) is 3.